The normalized spacial score (nSPS) is 14.1. The predicted molar refractivity (Wildman–Crippen MR) is 62.8 cm³/mol. The van der Waals surface area contributed by atoms with Crippen LogP contribution in [0.4, 0.5) is 0 Å². The first-order valence-electron chi connectivity index (χ1n) is 5.55. The summed E-state index contributed by atoms with van der Waals surface area (Å²) in [6, 6.07) is -0.599. The van der Waals surface area contributed by atoms with Gasteiger partial charge in [-0.3, -0.25) is 4.79 Å². The molecule has 0 aromatic rings. The molecule has 0 unspecified atom stereocenters. The van der Waals surface area contributed by atoms with E-state index in [9.17, 15) is 9.59 Å². The fourth-order valence-corrected chi connectivity index (χ4v) is 1.19. The van der Waals surface area contributed by atoms with Gasteiger partial charge in [-0.05, 0) is 25.8 Å². The van der Waals surface area contributed by atoms with Gasteiger partial charge in [0.2, 0.25) is 5.91 Å². The summed E-state index contributed by atoms with van der Waals surface area (Å²) >= 11 is 0. The van der Waals surface area contributed by atoms with Gasteiger partial charge < -0.3 is 10.1 Å². The van der Waals surface area contributed by atoms with Crippen LogP contribution in [0.25, 0.3) is 0 Å². The molecule has 0 radical (unpaired) electrons. The Hall–Kier alpha value is -1.32. The second-order valence-electron chi connectivity index (χ2n) is 4.06. The summed E-state index contributed by atoms with van der Waals surface area (Å²) in [7, 11) is 0. The third-order valence-corrected chi connectivity index (χ3v) is 2.30. The first kappa shape index (κ1) is 14.7. The third-order valence-electron chi connectivity index (χ3n) is 2.30. The summed E-state index contributed by atoms with van der Waals surface area (Å²) in [5, 5.41) is 2.59. The second-order valence-corrected chi connectivity index (χ2v) is 4.06. The summed E-state index contributed by atoms with van der Waals surface area (Å²) < 4.78 is 5.09. The highest BCUT2D eigenvalue weighted by molar-refractivity contribution is 5.91. The minimum atomic E-state index is -0.599. The maximum atomic E-state index is 11.7. The van der Waals surface area contributed by atoms with Gasteiger partial charge in [0.05, 0.1) is 6.10 Å². The molecule has 0 aliphatic heterocycles. The summed E-state index contributed by atoms with van der Waals surface area (Å²) in [6.45, 7) is 10.8. The highest BCUT2D eigenvalue weighted by atomic mass is 16.5. The fraction of sp³-hybridized carbons (Fsp3) is 0.667. The van der Waals surface area contributed by atoms with Crippen LogP contribution in [0, 0.1) is 5.92 Å². The van der Waals surface area contributed by atoms with Crippen molar-refractivity contribution in [3.63, 3.8) is 0 Å². The Labute approximate surface area is 97.1 Å². The summed E-state index contributed by atoms with van der Waals surface area (Å²) in [4.78, 5) is 22.9. The van der Waals surface area contributed by atoms with Crippen LogP contribution in [0.5, 0.6) is 0 Å². The van der Waals surface area contributed by atoms with Crippen LogP contribution in [0.15, 0.2) is 12.7 Å². The Bertz CT molecular complexity index is 261. The maximum Gasteiger partial charge on any atom is 0.329 e. The minimum absolute atomic E-state index is 0.0372. The van der Waals surface area contributed by atoms with Crippen molar-refractivity contribution in [1.82, 2.24) is 5.32 Å². The van der Waals surface area contributed by atoms with Crippen molar-refractivity contribution >= 4 is 11.9 Å². The van der Waals surface area contributed by atoms with Crippen molar-refractivity contribution in [3.8, 4) is 0 Å². The van der Waals surface area contributed by atoms with Crippen molar-refractivity contribution in [2.24, 2.45) is 5.92 Å². The van der Waals surface area contributed by atoms with Crippen LogP contribution in [0.3, 0.4) is 0 Å². The average molecular weight is 227 g/mol. The van der Waals surface area contributed by atoms with Crippen LogP contribution in [-0.2, 0) is 14.3 Å². The largest absolute Gasteiger partial charge is 0.461 e. The summed E-state index contributed by atoms with van der Waals surface area (Å²) in [6.07, 6.45) is 1.76. The Balaban J connectivity index is 4.59. The predicted octanol–water partition coefficient (Wildman–Crippen LogP) is 1.65. The molecule has 0 aliphatic carbocycles. The van der Waals surface area contributed by atoms with Gasteiger partial charge in [-0.1, -0.05) is 26.8 Å². The van der Waals surface area contributed by atoms with E-state index in [4.69, 9.17) is 4.74 Å². The van der Waals surface area contributed by atoms with Crippen LogP contribution in [-0.4, -0.2) is 24.0 Å². The van der Waals surface area contributed by atoms with Gasteiger partial charge >= 0.3 is 5.97 Å². The first-order chi connectivity index (χ1) is 7.42. The maximum absolute atomic E-state index is 11.7. The number of carbonyl (C=O) groups excluding carboxylic acids is 2. The summed E-state index contributed by atoms with van der Waals surface area (Å²) in [5.41, 5.74) is 0. The molecule has 1 N–H and O–H groups in total. The molecule has 0 aromatic carbocycles. The highest BCUT2D eigenvalue weighted by Crippen LogP contribution is 2.10. The monoisotopic (exact) mass is 227 g/mol. The minimum Gasteiger partial charge on any atom is -0.461 e. The third kappa shape index (κ3) is 4.96. The molecule has 16 heavy (non-hydrogen) atoms. The van der Waals surface area contributed by atoms with Crippen LogP contribution < -0.4 is 5.32 Å². The molecule has 0 heterocycles. The Kier molecular flexibility index (Phi) is 6.46. The molecule has 0 saturated heterocycles. The SMILES string of the molecule is C=CC(=O)N[C@H](C(=O)OC(C)C)[C@@H](C)CC. The van der Waals surface area contributed by atoms with E-state index in [1.54, 1.807) is 13.8 Å². The molecule has 0 bridgehead atoms. The lowest BCUT2D eigenvalue weighted by Crippen LogP contribution is -2.46. The fourth-order valence-electron chi connectivity index (χ4n) is 1.19. The molecular weight excluding hydrogens is 206 g/mol. The number of rotatable bonds is 6. The molecule has 2 atom stereocenters. The number of esters is 1. The van der Waals surface area contributed by atoms with Gasteiger partial charge in [-0.25, -0.2) is 4.79 Å². The Morgan fingerprint density at radius 2 is 1.94 bits per heavy atom. The number of carbonyl (C=O) groups is 2. The van der Waals surface area contributed by atoms with Crippen LogP contribution in [0.2, 0.25) is 0 Å². The molecule has 4 heteroatoms. The molecular formula is C12H21NO3. The number of hydrogen-bond donors (Lipinski definition) is 1. The first-order valence-corrected chi connectivity index (χ1v) is 5.55. The number of nitrogens with one attached hydrogen (secondary N) is 1. The molecule has 0 spiro atoms. The van der Waals surface area contributed by atoms with Crippen molar-refractivity contribution in [3.05, 3.63) is 12.7 Å². The zero-order valence-electron chi connectivity index (χ0n) is 10.4. The average Bonchev–Trinajstić information content (AvgIpc) is 2.23. The topological polar surface area (TPSA) is 55.4 Å². The van der Waals surface area contributed by atoms with E-state index in [-0.39, 0.29) is 23.9 Å². The molecule has 92 valence electrons. The van der Waals surface area contributed by atoms with Gasteiger partial charge in [0.15, 0.2) is 0 Å². The van der Waals surface area contributed by atoms with Gasteiger partial charge in [0, 0.05) is 0 Å². The zero-order valence-corrected chi connectivity index (χ0v) is 10.4. The Morgan fingerprint density at radius 3 is 2.31 bits per heavy atom. The van der Waals surface area contributed by atoms with Gasteiger partial charge in [0.25, 0.3) is 0 Å². The lowest BCUT2D eigenvalue weighted by atomic mass is 9.99. The lowest BCUT2D eigenvalue weighted by molar-refractivity contribution is -0.152. The zero-order chi connectivity index (χ0) is 12.7. The van der Waals surface area contributed by atoms with E-state index < -0.39 is 6.04 Å². The van der Waals surface area contributed by atoms with Crippen molar-refractivity contribution in [2.45, 2.75) is 46.3 Å². The number of amides is 1. The van der Waals surface area contributed by atoms with Gasteiger partial charge in [-0.15, -0.1) is 0 Å². The quantitative estimate of drug-likeness (QED) is 0.554. The van der Waals surface area contributed by atoms with Gasteiger partial charge in [0.1, 0.15) is 6.04 Å². The van der Waals surface area contributed by atoms with Crippen molar-refractivity contribution in [2.75, 3.05) is 0 Å². The van der Waals surface area contributed by atoms with Crippen molar-refractivity contribution < 1.29 is 14.3 Å². The van der Waals surface area contributed by atoms with Crippen molar-refractivity contribution in [1.29, 1.82) is 0 Å². The molecule has 4 nitrogen and oxygen atoms in total. The van der Waals surface area contributed by atoms with E-state index >= 15 is 0 Å². The van der Waals surface area contributed by atoms with E-state index in [1.807, 2.05) is 13.8 Å². The van der Waals surface area contributed by atoms with E-state index in [0.29, 0.717) is 0 Å². The molecule has 0 fully saturated rings. The number of ether oxygens (including phenoxy) is 1. The van der Waals surface area contributed by atoms with E-state index in [0.717, 1.165) is 12.5 Å². The number of hydrogen-bond acceptors (Lipinski definition) is 3. The van der Waals surface area contributed by atoms with E-state index in [2.05, 4.69) is 11.9 Å². The molecule has 0 aromatic heterocycles. The molecule has 0 aliphatic rings. The van der Waals surface area contributed by atoms with Gasteiger partial charge in [-0.2, -0.15) is 0 Å². The summed E-state index contributed by atoms with van der Waals surface area (Å²) in [5.74, 6) is -0.708. The lowest BCUT2D eigenvalue weighted by Gasteiger charge is -2.23. The highest BCUT2D eigenvalue weighted by Gasteiger charge is 2.27. The molecule has 0 saturated carbocycles. The smallest absolute Gasteiger partial charge is 0.329 e. The Morgan fingerprint density at radius 1 is 1.38 bits per heavy atom. The van der Waals surface area contributed by atoms with Crippen LogP contribution in [0.1, 0.15) is 34.1 Å². The van der Waals surface area contributed by atoms with E-state index in [1.165, 1.54) is 0 Å². The molecule has 1 amide bonds. The van der Waals surface area contributed by atoms with Crippen LogP contribution >= 0.6 is 0 Å². The molecule has 0 rings (SSSR count). The second kappa shape index (κ2) is 7.04. The standard InChI is InChI=1S/C12H21NO3/c1-6-9(5)11(13-10(14)7-2)12(15)16-8(3)4/h7-9,11H,2,6H2,1,3-5H3,(H,13,14)/t9-,11-/m0/s1.